The molecule has 0 unspecified atom stereocenters. The van der Waals surface area contributed by atoms with E-state index >= 15 is 0 Å². The number of hydrogen-bond acceptors (Lipinski definition) is 10. The first kappa shape index (κ1) is 47.2. The van der Waals surface area contributed by atoms with E-state index in [2.05, 4.69) is 33.2 Å². The van der Waals surface area contributed by atoms with Crippen molar-refractivity contribution >= 4 is 58.7 Å². The van der Waals surface area contributed by atoms with Crippen LogP contribution in [0.1, 0.15) is 80.4 Å². The summed E-state index contributed by atoms with van der Waals surface area (Å²) in [5.41, 5.74) is 2.01. The lowest BCUT2D eigenvalue weighted by atomic mass is 9.75. The van der Waals surface area contributed by atoms with Crippen LogP contribution in [0.5, 0.6) is 0 Å². The fourth-order valence-corrected chi connectivity index (χ4v) is 6.95. The van der Waals surface area contributed by atoms with Crippen molar-refractivity contribution in [2.24, 2.45) is 17.3 Å². The normalized spacial score (nSPS) is 17.1. The molecule has 0 saturated heterocycles. The summed E-state index contributed by atoms with van der Waals surface area (Å²) in [6.45, 7) is 7.57. The van der Waals surface area contributed by atoms with Crippen molar-refractivity contribution in [2.75, 3.05) is 11.0 Å². The van der Waals surface area contributed by atoms with Gasteiger partial charge in [-0.1, -0.05) is 123 Å². The van der Waals surface area contributed by atoms with Gasteiger partial charge in [-0.05, 0) is 66.3 Å². The van der Waals surface area contributed by atoms with Crippen molar-refractivity contribution in [3.8, 4) is 0 Å². The van der Waals surface area contributed by atoms with Crippen molar-refractivity contribution in [3.05, 3.63) is 107 Å². The number of aromatic carboxylic acids is 1. The molecule has 0 aliphatic heterocycles. The summed E-state index contributed by atoms with van der Waals surface area (Å²) in [6, 6.07) is 23.2. The smallest absolute Gasteiger partial charge is 0.408 e. The number of nitrogens with one attached hydrogen (secondary N) is 2. The van der Waals surface area contributed by atoms with Crippen molar-refractivity contribution in [1.29, 1.82) is 0 Å². The van der Waals surface area contributed by atoms with Crippen molar-refractivity contribution < 1.29 is 57.9 Å². The number of halogens is 1. The largest absolute Gasteiger partial charge is 0.481 e. The summed E-state index contributed by atoms with van der Waals surface area (Å²) in [5, 5.41) is 23.5. The van der Waals surface area contributed by atoms with Crippen LogP contribution < -0.4 is 10.6 Å². The van der Waals surface area contributed by atoms with Gasteiger partial charge in [0.2, 0.25) is 0 Å². The van der Waals surface area contributed by atoms with E-state index in [1.165, 1.54) is 12.1 Å². The fraction of sp³-hybridized carbons (Fsp3) is 0.442. The Morgan fingerprint density at radius 2 is 1.14 bits per heavy atom. The lowest BCUT2D eigenvalue weighted by Crippen LogP contribution is -2.47. The number of esters is 2. The Balaban J connectivity index is 0.000000310. The average Bonchev–Trinajstić information content (AvgIpc) is 3.21. The number of carbonyl (C=O) groups is 6. The van der Waals surface area contributed by atoms with Crippen LogP contribution in [0.3, 0.4) is 0 Å². The molecule has 58 heavy (non-hydrogen) atoms. The Labute approximate surface area is 352 Å². The number of carboxylic acid groups (broad SMARTS) is 2. The summed E-state index contributed by atoms with van der Waals surface area (Å²) in [5.74, 6) is -3.20. The van der Waals surface area contributed by atoms with Crippen LogP contribution in [0.4, 0.5) is 9.59 Å². The van der Waals surface area contributed by atoms with Gasteiger partial charge >= 0.3 is 36.1 Å². The van der Waals surface area contributed by atoms with E-state index in [-0.39, 0.29) is 43.3 Å². The molecular formula is C43H53IN2O12. The van der Waals surface area contributed by atoms with Crippen molar-refractivity contribution in [3.63, 3.8) is 0 Å². The highest BCUT2D eigenvalue weighted by molar-refractivity contribution is 14.1. The maximum atomic E-state index is 12.6. The Morgan fingerprint density at radius 3 is 1.55 bits per heavy atom. The second-order valence-electron chi connectivity index (χ2n) is 14.6. The maximum Gasteiger partial charge on any atom is 0.408 e. The third-order valence-corrected chi connectivity index (χ3v) is 11.0. The minimum atomic E-state index is -0.993. The molecule has 4 rings (SSSR count). The molecule has 15 heteroatoms. The number of aliphatic carboxylic acids is 1. The van der Waals surface area contributed by atoms with Crippen LogP contribution >= 0.6 is 22.6 Å². The van der Waals surface area contributed by atoms with E-state index in [4.69, 9.17) is 24.1 Å². The summed E-state index contributed by atoms with van der Waals surface area (Å²) < 4.78 is 21.8. The lowest BCUT2D eigenvalue weighted by Gasteiger charge is -2.35. The number of hydrogen-bond donors (Lipinski definition) is 4. The minimum Gasteiger partial charge on any atom is -0.481 e. The van der Waals surface area contributed by atoms with E-state index in [0.29, 0.717) is 36.5 Å². The second-order valence-corrected chi connectivity index (χ2v) is 15.4. The van der Waals surface area contributed by atoms with Gasteiger partial charge in [0, 0.05) is 10.8 Å². The number of rotatable bonds is 17. The number of alkyl carbamates (subject to hydrolysis) is 2. The van der Waals surface area contributed by atoms with E-state index in [9.17, 15) is 33.9 Å². The predicted octanol–water partition coefficient (Wildman–Crippen LogP) is 7.35. The quantitative estimate of drug-likeness (QED) is 0.0455. The molecule has 0 bridgehead atoms. The lowest BCUT2D eigenvalue weighted by molar-refractivity contribution is -0.158. The van der Waals surface area contributed by atoms with Gasteiger partial charge < -0.3 is 39.8 Å². The number of amides is 2. The highest BCUT2D eigenvalue weighted by Gasteiger charge is 2.42. The zero-order valence-electron chi connectivity index (χ0n) is 33.2. The van der Waals surface area contributed by atoms with Crippen LogP contribution in [0, 0.1) is 17.3 Å². The number of carboxylic acids is 2. The Hall–Kier alpha value is -5.19. The molecule has 0 radical (unpaired) electrons. The van der Waals surface area contributed by atoms with Gasteiger partial charge in [0.15, 0.2) is 0 Å². The zero-order chi connectivity index (χ0) is 42.7. The molecule has 1 fully saturated rings. The molecule has 0 spiro atoms. The molecular weight excluding hydrogens is 863 g/mol. The Bertz CT molecular complexity index is 1780. The molecule has 1 aliphatic carbocycles. The van der Waals surface area contributed by atoms with Crippen LogP contribution in [0.2, 0.25) is 0 Å². The highest BCUT2D eigenvalue weighted by atomic mass is 127. The first-order valence-corrected chi connectivity index (χ1v) is 20.6. The number of ether oxygens (including phenoxy) is 4. The third-order valence-electron chi connectivity index (χ3n) is 9.53. The van der Waals surface area contributed by atoms with Gasteiger partial charge in [0.25, 0.3) is 0 Å². The molecule has 1 saturated carbocycles. The predicted molar refractivity (Wildman–Crippen MR) is 222 cm³/mol. The molecule has 4 N–H and O–H groups in total. The fourth-order valence-electron chi connectivity index (χ4n) is 5.86. The Morgan fingerprint density at radius 1 is 0.672 bits per heavy atom. The van der Waals surface area contributed by atoms with Crippen molar-refractivity contribution in [1.82, 2.24) is 10.6 Å². The van der Waals surface area contributed by atoms with Crippen LogP contribution in [-0.2, 0) is 53.0 Å². The molecule has 2 amide bonds. The van der Waals surface area contributed by atoms with E-state index in [0.717, 1.165) is 16.7 Å². The molecule has 0 aromatic heterocycles. The number of carbonyl (C=O) groups excluding carboxylic acids is 4. The molecule has 3 aromatic rings. The standard InChI is InChI=1S/C22H25NO6.C21H28INO6/c1-15(2)19(23-22(27)29-14-17-6-4-3-5-7-17)21(26)28-13-12-16-8-10-18(11-9-16)20(24)25;1-14(2)17(23-20(27)28-12-15-6-4-3-5-7-15)18(24)29-16-8-10-21(13-22,11-9-16)19(25)26/h3-11,15,19H,12-14H2,1-2H3,(H,23,27)(H,24,25);3-7,14,16-17H,8-13H2,1-2H3,(H,23,27)(H,25,26)/t19-;16?,17-,21?/m00/s1. The van der Waals surface area contributed by atoms with Gasteiger partial charge in [0.05, 0.1) is 17.6 Å². The first-order chi connectivity index (χ1) is 27.6. The Kier molecular flexibility index (Phi) is 19.4. The molecule has 3 aromatic carbocycles. The van der Waals surface area contributed by atoms with Crippen LogP contribution in [-0.4, -0.2) is 75.5 Å². The van der Waals surface area contributed by atoms with Gasteiger partial charge in [-0.15, -0.1) is 0 Å². The number of alkyl halides is 1. The summed E-state index contributed by atoms with van der Waals surface area (Å²) in [6.07, 6.45) is 0.700. The molecule has 314 valence electrons. The van der Waals surface area contributed by atoms with Crippen LogP contribution in [0.25, 0.3) is 0 Å². The SMILES string of the molecule is CC(C)[C@H](NC(=O)OCc1ccccc1)C(=O)OC1CCC(CI)(C(=O)O)CC1.CC(C)[C@H](NC(=O)OCc1ccccc1)C(=O)OCCc1ccc(C(=O)O)cc1. The summed E-state index contributed by atoms with van der Waals surface area (Å²) in [4.78, 5) is 71.5. The molecule has 1 aliphatic rings. The van der Waals surface area contributed by atoms with Crippen molar-refractivity contribution in [2.45, 2.75) is 91.2 Å². The second kappa shape index (κ2) is 23.9. The zero-order valence-corrected chi connectivity index (χ0v) is 35.3. The van der Waals surface area contributed by atoms with E-state index in [1.54, 1.807) is 26.0 Å². The minimum absolute atomic E-state index is 0.110. The van der Waals surface area contributed by atoms with Crippen LogP contribution in [0.15, 0.2) is 84.9 Å². The average molecular weight is 917 g/mol. The third kappa shape index (κ3) is 15.6. The monoisotopic (exact) mass is 916 g/mol. The molecule has 2 atom stereocenters. The van der Waals surface area contributed by atoms with Gasteiger partial charge in [-0.25, -0.2) is 24.0 Å². The topological polar surface area (TPSA) is 204 Å². The summed E-state index contributed by atoms with van der Waals surface area (Å²) in [7, 11) is 0. The van der Waals surface area contributed by atoms with E-state index in [1.807, 2.05) is 74.5 Å². The maximum absolute atomic E-state index is 12.6. The van der Waals surface area contributed by atoms with Gasteiger partial charge in [-0.2, -0.15) is 0 Å². The highest BCUT2D eigenvalue weighted by Crippen LogP contribution is 2.39. The first-order valence-electron chi connectivity index (χ1n) is 19.1. The molecule has 14 nitrogen and oxygen atoms in total. The summed E-state index contributed by atoms with van der Waals surface area (Å²) >= 11 is 2.10. The molecule has 0 heterocycles. The van der Waals surface area contributed by atoms with Gasteiger partial charge in [0.1, 0.15) is 31.4 Å². The van der Waals surface area contributed by atoms with E-state index < -0.39 is 53.6 Å². The number of benzene rings is 3. The van der Waals surface area contributed by atoms with Gasteiger partial charge in [-0.3, -0.25) is 4.79 Å².